The van der Waals surface area contributed by atoms with E-state index in [0.717, 1.165) is 84.3 Å². The average molecular weight is 602 g/mol. The summed E-state index contributed by atoms with van der Waals surface area (Å²) in [5.74, 6) is 0.316. The number of pyridine rings is 1. The van der Waals surface area contributed by atoms with Crippen molar-refractivity contribution in [2.24, 2.45) is 0 Å². The Morgan fingerprint density at radius 3 is 2.31 bits per heavy atom. The van der Waals surface area contributed by atoms with Crippen molar-refractivity contribution in [2.75, 3.05) is 24.6 Å². The third kappa shape index (κ3) is 5.26. The largest absolute Gasteiger partial charge is 0.493 e. The van der Waals surface area contributed by atoms with E-state index in [9.17, 15) is 4.79 Å². The standard InChI is InChI=1S/C39H43N3O3/c1-5-9-25-41(26-10-6-2)29-22-23-32(34(27-29)44-8-4)39(37-31(38(43)45-39)20-16-24-40-37)35-30-19-14-15-21-33(30)42(7-3)36(35)28-17-12-11-13-18-28/h11-24,27H,5-10,25-26H2,1-4H3. The second-order valence-electron chi connectivity index (χ2n) is 11.6. The van der Waals surface area contributed by atoms with Crippen molar-refractivity contribution in [3.8, 4) is 17.0 Å². The van der Waals surface area contributed by atoms with Crippen molar-refractivity contribution in [2.45, 2.75) is 65.5 Å². The van der Waals surface area contributed by atoms with E-state index in [-0.39, 0.29) is 5.97 Å². The summed E-state index contributed by atoms with van der Waals surface area (Å²) in [5.41, 5.74) is 5.66. The molecule has 0 N–H and O–H groups in total. The van der Waals surface area contributed by atoms with Crippen LogP contribution < -0.4 is 9.64 Å². The summed E-state index contributed by atoms with van der Waals surface area (Å²) >= 11 is 0. The fourth-order valence-electron chi connectivity index (χ4n) is 6.81. The molecule has 6 heteroatoms. The molecule has 0 fully saturated rings. The number of unbranched alkanes of at least 4 members (excludes halogenated alkanes) is 2. The number of para-hydroxylation sites is 1. The maximum absolute atomic E-state index is 13.9. The summed E-state index contributed by atoms with van der Waals surface area (Å²) in [6.07, 6.45) is 6.24. The summed E-state index contributed by atoms with van der Waals surface area (Å²) in [6.45, 7) is 11.8. The first-order valence-electron chi connectivity index (χ1n) is 16.5. The third-order valence-corrected chi connectivity index (χ3v) is 8.87. The Hall–Kier alpha value is -4.58. The van der Waals surface area contributed by atoms with Gasteiger partial charge in [-0.05, 0) is 62.6 Å². The van der Waals surface area contributed by atoms with E-state index in [0.29, 0.717) is 23.6 Å². The summed E-state index contributed by atoms with van der Waals surface area (Å²) in [7, 11) is 0. The predicted octanol–water partition coefficient (Wildman–Crippen LogP) is 8.99. The number of hydrogen-bond acceptors (Lipinski definition) is 5. The lowest BCUT2D eigenvalue weighted by atomic mass is 9.79. The molecule has 0 bridgehead atoms. The molecule has 232 valence electrons. The van der Waals surface area contributed by atoms with Gasteiger partial charge in [0, 0.05) is 59.6 Å². The van der Waals surface area contributed by atoms with Crippen LogP contribution in [0.3, 0.4) is 0 Å². The van der Waals surface area contributed by atoms with E-state index in [2.05, 4.69) is 97.0 Å². The number of nitrogens with zero attached hydrogens (tertiary/aromatic N) is 3. The van der Waals surface area contributed by atoms with Crippen LogP contribution in [0, 0.1) is 0 Å². The molecule has 1 aliphatic heterocycles. The molecule has 0 saturated heterocycles. The van der Waals surface area contributed by atoms with Gasteiger partial charge in [0.05, 0.1) is 17.9 Å². The normalized spacial score (nSPS) is 15.7. The average Bonchev–Trinajstić information content (AvgIpc) is 3.58. The second-order valence-corrected chi connectivity index (χ2v) is 11.6. The zero-order chi connectivity index (χ0) is 31.4. The molecule has 1 aliphatic rings. The molecule has 0 amide bonds. The minimum absolute atomic E-state index is 0.385. The Bertz CT molecular complexity index is 1790. The van der Waals surface area contributed by atoms with E-state index >= 15 is 0 Å². The van der Waals surface area contributed by atoms with Gasteiger partial charge in [-0.15, -0.1) is 0 Å². The van der Waals surface area contributed by atoms with Gasteiger partial charge in [0.2, 0.25) is 5.60 Å². The molecule has 45 heavy (non-hydrogen) atoms. The van der Waals surface area contributed by atoms with Gasteiger partial charge in [0.15, 0.2) is 0 Å². The van der Waals surface area contributed by atoms with E-state index in [4.69, 9.17) is 14.5 Å². The predicted molar refractivity (Wildman–Crippen MR) is 182 cm³/mol. The molecule has 3 aromatic carbocycles. The van der Waals surface area contributed by atoms with Crippen molar-refractivity contribution < 1.29 is 14.3 Å². The molecule has 1 atom stereocenters. The van der Waals surface area contributed by atoms with Crippen LogP contribution in [-0.2, 0) is 16.9 Å². The van der Waals surface area contributed by atoms with Crippen molar-refractivity contribution in [1.29, 1.82) is 0 Å². The molecular weight excluding hydrogens is 558 g/mol. The first kappa shape index (κ1) is 30.4. The Morgan fingerprint density at radius 2 is 1.60 bits per heavy atom. The van der Waals surface area contributed by atoms with Crippen LogP contribution in [0.25, 0.3) is 22.2 Å². The highest BCUT2D eigenvalue weighted by Gasteiger charge is 2.54. The molecule has 0 spiro atoms. The van der Waals surface area contributed by atoms with E-state index in [1.165, 1.54) is 0 Å². The van der Waals surface area contributed by atoms with Crippen molar-refractivity contribution in [3.63, 3.8) is 0 Å². The van der Waals surface area contributed by atoms with Crippen molar-refractivity contribution in [3.05, 3.63) is 114 Å². The molecular formula is C39H43N3O3. The lowest BCUT2D eigenvalue weighted by Gasteiger charge is -2.33. The molecule has 5 aromatic rings. The van der Waals surface area contributed by atoms with E-state index in [1.54, 1.807) is 12.3 Å². The highest BCUT2D eigenvalue weighted by molar-refractivity contribution is 6.00. The highest BCUT2D eigenvalue weighted by Crippen LogP contribution is 2.54. The summed E-state index contributed by atoms with van der Waals surface area (Å²) in [4.78, 5) is 21.2. The lowest BCUT2D eigenvalue weighted by Crippen LogP contribution is -2.32. The quantitative estimate of drug-likeness (QED) is 0.126. The van der Waals surface area contributed by atoms with Crippen LogP contribution >= 0.6 is 0 Å². The van der Waals surface area contributed by atoms with Crippen molar-refractivity contribution >= 4 is 22.6 Å². The number of ether oxygens (including phenoxy) is 2. The fraction of sp³-hybridized carbons (Fsp3) is 0.333. The van der Waals surface area contributed by atoms with Gasteiger partial charge in [-0.2, -0.15) is 0 Å². The number of aromatic nitrogens is 2. The van der Waals surface area contributed by atoms with Crippen LogP contribution in [0.5, 0.6) is 5.75 Å². The van der Waals surface area contributed by atoms with Gasteiger partial charge in [-0.25, -0.2) is 4.79 Å². The van der Waals surface area contributed by atoms with Gasteiger partial charge < -0.3 is 18.9 Å². The van der Waals surface area contributed by atoms with Crippen LogP contribution in [0.2, 0.25) is 0 Å². The smallest absolute Gasteiger partial charge is 0.341 e. The highest BCUT2D eigenvalue weighted by atomic mass is 16.6. The summed E-state index contributed by atoms with van der Waals surface area (Å²) in [6, 6.07) is 28.8. The van der Waals surface area contributed by atoms with Gasteiger partial charge in [-0.1, -0.05) is 75.2 Å². The number of aryl methyl sites for hydroxylation is 1. The van der Waals surface area contributed by atoms with Gasteiger partial charge in [0.25, 0.3) is 0 Å². The minimum Gasteiger partial charge on any atom is -0.493 e. The van der Waals surface area contributed by atoms with Crippen LogP contribution in [0.4, 0.5) is 5.69 Å². The SMILES string of the molecule is CCCCN(CCCC)c1ccc(C2(c3c(-c4ccccc4)n(CC)c4ccccc34)OC(=O)c3cccnc32)c(OCC)c1. The van der Waals surface area contributed by atoms with Crippen molar-refractivity contribution in [1.82, 2.24) is 9.55 Å². The second kappa shape index (κ2) is 13.2. The lowest BCUT2D eigenvalue weighted by molar-refractivity contribution is 0.0241. The number of esters is 1. The first-order chi connectivity index (χ1) is 22.1. The van der Waals surface area contributed by atoms with Gasteiger partial charge in [-0.3, -0.25) is 4.98 Å². The van der Waals surface area contributed by atoms with Gasteiger partial charge >= 0.3 is 5.97 Å². The molecule has 0 saturated carbocycles. The van der Waals surface area contributed by atoms with Crippen LogP contribution in [-0.4, -0.2) is 35.2 Å². The Kier molecular flexibility index (Phi) is 8.92. The third-order valence-electron chi connectivity index (χ3n) is 8.87. The van der Waals surface area contributed by atoms with E-state index < -0.39 is 5.60 Å². The maximum Gasteiger partial charge on any atom is 0.341 e. The minimum atomic E-state index is -1.33. The maximum atomic E-state index is 13.9. The Balaban J connectivity index is 1.70. The number of carbonyl (C=O) groups is 1. The zero-order valence-electron chi connectivity index (χ0n) is 26.9. The molecule has 6 rings (SSSR count). The number of carbonyl (C=O) groups excluding carboxylic acids is 1. The molecule has 6 nitrogen and oxygen atoms in total. The van der Waals surface area contributed by atoms with Crippen LogP contribution in [0.1, 0.15) is 80.6 Å². The Labute approximate surface area is 266 Å². The number of hydrogen-bond donors (Lipinski definition) is 0. The summed E-state index contributed by atoms with van der Waals surface area (Å²) in [5, 5.41) is 1.02. The number of rotatable bonds is 13. The molecule has 0 radical (unpaired) electrons. The number of anilines is 1. The number of fused-ring (bicyclic) bond motifs is 2. The Morgan fingerprint density at radius 1 is 0.867 bits per heavy atom. The first-order valence-corrected chi connectivity index (χ1v) is 16.5. The number of cyclic esters (lactones) is 1. The zero-order valence-corrected chi connectivity index (χ0v) is 26.9. The monoisotopic (exact) mass is 601 g/mol. The molecule has 2 aromatic heterocycles. The fourth-order valence-corrected chi connectivity index (χ4v) is 6.81. The summed E-state index contributed by atoms with van der Waals surface area (Å²) < 4.78 is 15.5. The topological polar surface area (TPSA) is 56.6 Å². The van der Waals surface area contributed by atoms with E-state index in [1.807, 2.05) is 19.1 Å². The molecule has 1 unspecified atom stereocenters. The molecule has 3 heterocycles. The molecule has 0 aliphatic carbocycles. The van der Waals surface area contributed by atoms with Gasteiger partial charge in [0.1, 0.15) is 11.4 Å². The van der Waals surface area contributed by atoms with Crippen LogP contribution in [0.15, 0.2) is 91.1 Å². The number of benzene rings is 3.